The zero-order chi connectivity index (χ0) is 21.8. The molecule has 12 heteroatoms. The lowest BCUT2D eigenvalue weighted by Crippen LogP contribution is -2.38. The minimum Gasteiger partial charge on any atom is -0.245 e. The number of fused-ring (bicyclic) bond motifs is 2. The van der Waals surface area contributed by atoms with Crippen LogP contribution in [0.3, 0.4) is 0 Å². The van der Waals surface area contributed by atoms with Crippen molar-refractivity contribution in [2.45, 2.75) is 29.8 Å². The Balaban J connectivity index is 1.41. The maximum Gasteiger partial charge on any atom is 0.416 e. The molecule has 0 aliphatic carbocycles. The standard InChI is InChI=1S/C19H16F3N5O2S2/c20-19(21,22)15-8-18-23-10-25-27(18)9-14(15)12-3-5-26(6-4-12)31(28,29)13-1-2-16-17(7-13)30-11-24-16/h1-2,7-12H,3-6H2. The van der Waals surface area contributed by atoms with Crippen LogP contribution in [0, 0.1) is 0 Å². The lowest BCUT2D eigenvalue weighted by Gasteiger charge is -2.32. The summed E-state index contributed by atoms with van der Waals surface area (Å²) in [7, 11) is -3.74. The van der Waals surface area contributed by atoms with Crippen LogP contribution < -0.4 is 0 Å². The molecule has 1 fully saturated rings. The average molecular weight is 467 g/mol. The average Bonchev–Trinajstić information content (AvgIpc) is 3.40. The van der Waals surface area contributed by atoms with Crippen molar-refractivity contribution in [2.24, 2.45) is 0 Å². The van der Waals surface area contributed by atoms with E-state index in [1.54, 1.807) is 17.6 Å². The van der Waals surface area contributed by atoms with Crippen LogP contribution in [0.25, 0.3) is 15.9 Å². The topological polar surface area (TPSA) is 80.5 Å². The quantitative estimate of drug-likeness (QED) is 0.456. The molecule has 0 saturated carbocycles. The number of hydrogen-bond donors (Lipinski definition) is 0. The highest BCUT2D eigenvalue weighted by Crippen LogP contribution is 2.40. The first-order valence-electron chi connectivity index (χ1n) is 9.47. The van der Waals surface area contributed by atoms with Gasteiger partial charge in [-0.05, 0) is 48.6 Å². The molecule has 1 saturated heterocycles. The molecule has 4 heterocycles. The van der Waals surface area contributed by atoms with Gasteiger partial charge in [0.05, 0.1) is 26.2 Å². The van der Waals surface area contributed by atoms with Crippen LogP contribution in [0.1, 0.15) is 29.9 Å². The van der Waals surface area contributed by atoms with Gasteiger partial charge in [0, 0.05) is 19.3 Å². The van der Waals surface area contributed by atoms with Gasteiger partial charge in [-0.1, -0.05) is 0 Å². The van der Waals surface area contributed by atoms with E-state index in [2.05, 4.69) is 15.1 Å². The Hall–Kier alpha value is -2.57. The lowest BCUT2D eigenvalue weighted by molar-refractivity contribution is -0.138. The van der Waals surface area contributed by atoms with Crippen LogP contribution in [0.2, 0.25) is 0 Å². The maximum atomic E-state index is 13.7. The number of halogens is 3. The van der Waals surface area contributed by atoms with Gasteiger partial charge in [0.15, 0.2) is 5.65 Å². The SMILES string of the molecule is O=S(=O)(c1ccc2ncsc2c1)N1CCC(c2cn3ncnc3cc2C(F)(F)F)CC1. The van der Waals surface area contributed by atoms with Gasteiger partial charge in [-0.25, -0.2) is 22.9 Å². The summed E-state index contributed by atoms with van der Waals surface area (Å²) in [6.07, 6.45) is -1.40. The van der Waals surface area contributed by atoms with E-state index < -0.39 is 27.7 Å². The van der Waals surface area contributed by atoms with Gasteiger partial charge in [-0.2, -0.15) is 22.6 Å². The van der Waals surface area contributed by atoms with Gasteiger partial charge in [0.1, 0.15) is 6.33 Å². The molecule has 0 atom stereocenters. The largest absolute Gasteiger partial charge is 0.416 e. The Bertz CT molecular complexity index is 1370. The van der Waals surface area contributed by atoms with Crippen molar-refractivity contribution in [1.82, 2.24) is 23.9 Å². The molecule has 0 radical (unpaired) electrons. The monoisotopic (exact) mass is 467 g/mol. The predicted octanol–water partition coefficient (Wildman–Crippen LogP) is 3.93. The second kappa shape index (κ2) is 7.24. The van der Waals surface area contributed by atoms with E-state index in [1.165, 1.54) is 38.7 Å². The molecule has 3 aromatic heterocycles. The van der Waals surface area contributed by atoms with Gasteiger partial charge in [0.25, 0.3) is 0 Å². The summed E-state index contributed by atoms with van der Waals surface area (Å²) in [4.78, 5) is 8.15. The van der Waals surface area contributed by atoms with Crippen molar-refractivity contribution in [3.63, 3.8) is 0 Å². The number of aromatic nitrogens is 4. The molecule has 7 nitrogen and oxygen atoms in total. The molecule has 31 heavy (non-hydrogen) atoms. The number of thiazole rings is 1. The third-order valence-electron chi connectivity index (χ3n) is 5.59. The Morgan fingerprint density at radius 3 is 2.61 bits per heavy atom. The summed E-state index contributed by atoms with van der Waals surface area (Å²) < 4.78 is 70.5. The number of rotatable bonds is 3. The maximum absolute atomic E-state index is 13.7. The van der Waals surface area contributed by atoms with E-state index in [4.69, 9.17) is 0 Å². The number of benzene rings is 1. The Morgan fingerprint density at radius 2 is 1.87 bits per heavy atom. The van der Waals surface area contributed by atoms with E-state index in [1.807, 2.05) is 0 Å². The third-order valence-corrected chi connectivity index (χ3v) is 8.27. The third kappa shape index (κ3) is 3.58. The number of nitrogens with zero attached hydrogens (tertiary/aromatic N) is 5. The molecule has 1 aromatic carbocycles. The lowest BCUT2D eigenvalue weighted by atomic mass is 9.88. The summed E-state index contributed by atoms with van der Waals surface area (Å²) in [5, 5.41) is 3.94. The number of sulfonamides is 1. The summed E-state index contributed by atoms with van der Waals surface area (Å²) >= 11 is 1.35. The Labute approximate surface area is 179 Å². The zero-order valence-corrected chi connectivity index (χ0v) is 17.6. The second-order valence-electron chi connectivity index (χ2n) is 7.36. The first-order chi connectivity index (χ1) is 14.7. The van der Waals surface area contributed by atoms with Gasteiger partial charge < -0.3 is 0 Å². The highest BCUT2D eigenvalue weighted by atomic mass is 32.2. The van der Waals surface area contributed by atoms with Gasteiger partial charge >= 0.3 is 6.18 Å². The van der Waals surface area contributed by atoms with Crippen molar-refractivity contribution in [3.05, 3.63) is 53.4 Å². The molecule has 0 amide bonds. The fourth-order valence-corrected chi connectivity index (χ4v) is 6.29. The number of pyridine rings is 1. The summed E-state index contributed by atoms with van der Waals surface area (Å²) in [6, 6.07) is 5.77. The molecular weight excluding hydrogens is 451 g/mol. The van der Waals surface area contributed by atoms with Crippen molar-refractivity contribution >= 4 is 37.2 Å². The molecule has 162 valence electrons. The normalized spacial score (nSPS) is 17.0. The number of hydrogen-bond acceptors (Lipinski definition) is 6. The number of alkyl halides is 3. The van der Waals surface area contributed by atoms with Gasteiger partial charge in [-0.15, -0.1) is 11.3 Å². The Morgan fingerprint density at radius 1 is 1.10 bits per heavy atom. The first-order valence-corrected chi connectivity index (χ1v) is 11.8. The highest BCUT2D eigenvalue weighted by Gasteiger charge is 2.38. The minimum absolute atomic E-state index is 0.119. The molecule has 0 spiro atoms. The minimum atomic E-state index is -4.53. The molecule has 4 aromatic rings. The smallest absolute Gasteiger partial charge is 0.245 e. The second-order valence-corrected chi connectivity index (χ2v) is 10.2. The van der Waals surface area contributed by atoms with E-state index >= 15 is 0 Å². The van der Waals surface area contributed by atoms with E-state index in [0.29, 0.717) is 0 Å². The van der Waals surface area contributed by atoms with Crippen molar-refractivity contribution < 1.29 is 21.6 Å². The van der Waals surface area contributed by atoms with Crippen LogP contribution in [0.5, 0.6) is 0 Å². The molecule has 1 aliphatic heterocycles. The van der Waals surface area contributed by atoms with Crippen LogP contribution in [0.15, 0.2) is 47.2 Å². The summed E-state index contributed by atoms with van der Waals surface area (Å²) in [5.41, 5.74) is 1.87. The van der Waals surface area contributed by atoms with Crippen LogP contribution in [-0.4, -0.2) is 45.4 Å². The van der Waals surface area contributed by atoms with Crippen molar-refractivity contribution in [2.75, 3.05) is 13.1 Å². The van der Waals surface area contributed by atoms with Gasteiger partial charge in [0.2, 0.25) is 10.0 Å². The number of piperidine rings is 1. The first kappa shape index (κ1) is 20.3. The molecular formula is C19H16F3N5O2S2. The van der Waals surface area contributed by atoms with Crippen LogP contribution in [0.4, 0.5) is 13.2 Å². The molecule has 5 rings (SSSR count). The fourth-order valence-electron chi connectivity index (χ4n) is 4.00. The van der Waals surface area contributed by atoms with Crippen molar-refractivity contribution in [1.29, 1.82) is 0 Å². The van der Waals surface area contributed by atoms with Crippen molar-refractivity contribution in [3.8, 4) is 0 Å². The fraction of sp³-hybridized carbons (Fsp3) is 0.316. The summed E-state index contributed by atoms with van der Waals surface area (Å²) in [5.74, 6) is -0.430. The summed E-state index contributed by atoms with van der Waals surface area (Å²) in [6.45, 7) is 0.279. The molecule has 0 unspecified atom stereocenters. The molecule has 0 N–H and O–H groups in total. The Kier molecular flexibility index (Phi) is 4.75. The zero-order valence-electron chi connectivity index (χ0n) is 16.0. The highest BCUT2D eigenvalue weighted by molar-refractivity contribution is 7.89. The van der Waals surface area contributed by atoms with E-state index in [0.717, 1.165) is 16.3 Å². The predicted molar refractivity (Wildman–Crippen MR) is 108 cm³/mol. The van der Waals surface area contributed by atoms with Gasteiger partial charge in [-0.3, -0.25) is 0 Å². The van der Waals surface area contributed by atoms with E-state index in [9.17, 15) is 21.6 Å². The molecule has 1 aliphatic rings. The van der Waals surface area contributed by atoms with E-state index in [-0.39, 0.29) is 42.0 Å². The molecule has 0 bridgehead atoms. The van der Waals surface area contributed by atoms with Crippen LogP contribution >= 0.6 is 11.3 Å². The van der Waals surface area contributed by atoms with Crippen LogP contribution in [-0.2, 0) is 16.2 Å².